The van der Waals surface area contributed by atoms with Crippen LogP contribution in [0.25, 0.3) is 0 Å². The van der Waals surface area contributed by atoms with Crippen LogP contribution in [-0.2, 0) is 9.59 Å². The predicted octanol–water partition coefficient (Wildman–Crippen LogP) is 2.12. The van der Waals surface area contributed by atoms with Crippen LogP contribution in [0.5, 0.6) is 0 Å². The first-order chi connectivity index (χ1) is 10.6. The van der Waals surface area contributed by atoms with Crippen molar-refractivity contribution in [1.29, 1.82) is 0 Å². The largest absolute Gasteiger partial charge is 0.480 e. The van der Waals surface area contributed by atoms with Gasteiger partial charge in [-0.05, 0) is 45.0 Å². The van der Waals surface area contributed by atoms with Gasteiger partial charge in [-0.3, -0.25) is 14.4 Å². The quantitative estimate of drug-likeness (QED) is 0.745. The Kier molecular flexibility index (Phi) is 5.78. The van der Waals surface area contributed by atoms with Crippen molar-refractivity contribution in [3.63, 3.8) is 0 Å². The number of benzene rings is 1. The molecule has 1 unspecified atom stereocenters. The minimum absolute atomic E-state index is 0.184. The van der Waals surface area contributed by atoms with Gasteiger partial charge in [-0.2, -0.15) is 0 Å². The first-order valence-corrected chi connectivity index (χ1v) is 6.79. The Balaban J connectivity index is 2.76. The molecule has 3 N–H and O–H groups in total. The summed E-state index contributed by atoms with van der Waals surface area (Å²) in [4.78, 5) is 34.2. The lowest BCUT2D eigenvalue weighted by atomic mass is 9.93. The van der Waals surface area contributed by atoms with Crippen LogP contribution in [0.4, 0.5) is 14.5 Å². The molecule has 1 aromatic carbocycles. The molecule has 23 heavy (non-hydrogen) atoms. The third-order valence-corrected chi connectivity index (χ3v) is 3.25. The molecule has 0 spiro atoms. The molecule has 0 bridgehead atoms. The van der Waals surface area contributed by atoms with Crippen LogP contribution >= 0.6 is 0 Å². The number of hydrogen-bond donors (Lipinski definition) is 3. The zero-order valence-electron chi connectivity index (χ0n) is 12.9. The van der Waals surface area contributed by atoms with Gasteiger partial charge in [-0.25, -0.2) is 8.78 Å². The Bertz CT molecular complexity index is 600. The molecule has 6 nitrogen and oxygen atoms in total. The molecule has 0 saturated heterocycles. The lowest BCUT2D eigenvalue weighted by Crippen LogP contribution is -2.38. The topological polar surface area (TPSA) is 95.5 Å². The molecule has 8 heteroatoms. The number of amides is 2. The molecular weight excluding hydrogens is 310 g/mol. The number of hydrogen-bond acceptors (Lipinski definition) is 3. The molecule has 0 heterocycles. The lowest BCUT2D eigenvalue weighted by molar-refractivity contribution is -0.138. The van der Waals surface area contributed by atoms with Crippen LogP contribution < -0.4 is 10.6 Å². The molecule has 126 valence electrons. The standard InChI is InChI=1S/C15H18F2N2O4/c1-8(12(21)22)18-11(20)9-4-6-10(7-5-9)19-14(23)15(2,3)13(16)17/h4-8,13H,1-3H3,(H,18,20)(H,19,23)(H,21,22). The molecule has 0 aliphatic rings. The van der Waals surface area contributed by atoms with Crippen LogP contribution in [0.15, 0.2) is 24.3 Å². The van der Waals surface area contributed by atoms with Gasteiger partial charge in [-0.1, -0.05) is 0 Å². The van der Waals surface area contributed by atoms with Crippen molar-refractivity contribution >= 4 is 23.5 Å². The van der Waals surface area contributed by atoms with Gasteiger partial charge in [0.25, 0.3) is 12.3 Å². The summed E-state index contributed by atoms with van der Waals surface area (Å²) in [7, 11) is 0. The maximum absolute atomic E-state index is 12.8. The van der Waals surface area contributed by atoms with E-state index in [1.165, 1.54) is 31.2 Å². The highest BCUT2D eigenvalue weighted by Crippen LogP contribution is 2.26. The number of carboxylic acid groups (broad SMARTS) is 1. The third-order valence-electron chi connectivity index (χ3n) is 3.25. The van der Waals surface area contributed by atoms with E-state index in [1.807, 2.05) is 0 Å². The van der Waals surface area contributed by atoms with E-state index < -0.39 is 35.7 Å². The second kappa shape index (κ2) is 7.17. The number of nitrogens with one attached hydrogen (secondary N) is 2. The highest BCUT2D eigenvalue weighted by molar-refractivity contribution is 5.98. The van der Waals surface area contributed by atoms with Crippen molar-refractivity contribution in [3.05, 3.63) is 29.8 Å². The van der Waals surface area contributed by atoms with Gasteiger partial charge >= 0.3 is 5.97 Å². The summed E-state index contributed by atoms with van der Waals surface area (Å²) in [5, 5.41) is 13.3. The van der Waals surface area contributed by atoms with Gasteiger partial charge < -0.3 is 15.7 Å². The average molecular weight is 328 g/mol. The van der Waals surface area contributed by atoms with E-state index in [0.717, 1.165) is 13.8 Å². The van der Waals surface area contributed by atoms with Crippen LogP contribution in [0.3, 0.4) is 0 Å². The summed E-state index contributed by atoms with van der Waals surface area (Å²) in [5.41, 5.74) is -1.40. The van der Waals surface area contributed by atoms with Gasteiger partial charge in [0.1, 0.15) is 11.5 Å². The van der Waals surface area contributed by atoms with Crippen LogP contribution in [0.1, 0.15) is 31.1 Å². The van der Waals surface area contributed by atoms with Crippen molar-refractivity contribution in [2.24, 2.45) is 5.41 Å². The van der Waals surface area contributed by atoms with E-state index >= 15 is 0 Å². The van der Waals surface area contributed by atoms with Gasteiger partial charge in [0.2, 0.25) is 5.91 Å². The van der Waals surface area contributed by atoms with Gasteiger partial charge in [0.05, 0.1) is 0 Å². The molecule has 1 aromatic rings. The number of carboxylic acids is 1. The maximum atomic E-state index is 12.8. The van der Waals surface area contributed by atoms with E-state index in [0.29, 0.717) is 0 Å². The van der Waals surface area contributed by atoms with E-state index in [1.54, 1.807) is 0 Å². The second-order valence-electron chi connectivity index (χ2n) is 5.59. The molecule has 1 rings (SSSR count). The Labute approximate surface area is 131 Å². The molecule has 0 saturated carbocycles. The first kappa shape index (κ1) is 18.5. The van der Waals surface area contributed by atoms with Crippen molar-refractivity contribution in [1.82, 2.24) is 5.32 Å². The van der Waals surface area contributed by atoms with Crippen molar-refractivity contribution in [3.8, 4) is 0 Å². The fourth-order valence-corrected chi connectivity index (χ4v) is 1.44. The molecule has 0 aromatic heterocycles. The summed E-state index contributed by atoms with van der Waals surface area (Å²) < 4.78 is 25.5. The summed E-state index contributed by atoms with van der Waals surface area (Å²) in [5.74, 6) is -2.61. The van der Waals surface area contributed by atoms with E-state index in [2.05, 4.69) is 10.6 Å². The zero-order valence-corrected chi connectivity index (χ0v) is 12.9. The monoisotopic (exact) mass is 328 g/mol. The maximum Gasteiger partial charge on any atom is 0.325 e. The van der Waals surface area contributed by atoms with E-state index in [9.17, 15) is 23.2 Å². The molecule has 0 radical (unpaired) electrons. The second-order valence-corrected chi connectivity index (χ2v) is 5.59. The number of carbonyl (C=O) groups excluding carboxylic acids is 2. The SMILES string of the molecule is CC(NC(=O)c1ccc(NC(=O)C(C)(C)C(F)F)cc1)C(=O)O. The van der Waals surface area contributed by atoms with Crippen molar-refractivity contribution in [2.75, 3.05) is 5.32 Å². The minimum Gasteiger partial charge on any atom is -0.480 e. The lowest BCUT2D eigenvalue weighted by Gasteiger charge is -2.22. The Morgan fingerprint density at radius 1 is 1.13 bits per heavy atom. The average Bonchev–Trinajstić information content (AvgIpc) is 2.47. The molecule has 0 aliphatic heterocycles. The van der Waals surface area contributed by atoms with E-state index in [4.69, 9.17) is 5.11 Å². The third kappa shape index (κ3) is 4.73. The zero-order chi connectivity index (χ0) is 17.8. The van der Waals surface area contributed by atoms with Gasteiger partial charge in [0.15, 0.2) is 0 Å². The highest BCUT2D eigenvalue weighted by Gasteiger charge is 2.37. The van der Waals surface area contributed by atoms with E-state index in [-0.39, 0.29) is 11.3 Å². The molecule has 0 aliphatic carbocycles. The molecule has 0 fully saturated rings. The highest BCUT2D eigenvalue weighted by atomic mass is 19.3. The summed E-state index contributed by atoms with van der Waals surface area (Å²) in [6.45, 7) is 3.57. The molecule has 1 atom stereocenters. The Hall–Kier alpha value is -2.51. The van der Waals surface area contributed by atoms with Crippen molar-refractivity contribution in [2.45, 2.75) is 33.2 Å². The number of rotatable bonds is 6. The first-order valence-electron chi connectivity index (χ1n) is 6.79. The minimum atomic E-state index is -2.81. The van der Waals surface area contributed by atoms with Gasteiger partial charge in [0, 0.05) is 11.3 Å². The van der Waals surface area contributed by atoms with Crippen molar-refractivity contribution < 1.29 is 28.3 Å². The molecule has 2 amide bonds. The van der Waals surface area contributed by atoms with Crippen LogP contribution in [0, 0.1) is 5.41 Å². The molecular formula is C15H18F2N2O4. The number of alkyl halides is 2. The summed E-state index contributed by atoms with van der Waals surface area (Å²) in [6.07, 6.45) is -2.81. The fraction of sp³-hybridized carbons (Fsp3) is 0.400. The van der Waals surface area contributed by atoms with Crippen LogP contribution in [0.2, 0.25) is 0 Å². The summed E-state index contributed by atoms with van der Waals surface area (Å²) in [6, 6.07) is 4.41. The number of carbonyl (C=O) groups is 3. The van der Waals surface area contributed by atoms with Gasteiger partial charge in [-0.15, -0.1) is 0 Å². The number of halogens is 2. The Morgan fingerprint density at radius 2 is 1.65 bits per heavy atom. The Morgan fingerprint density at radius 3 is 2.09 bits per heavy atom. The normalized spacial score (nSPS) is 12.6. The number of aliphatic carboxylic acids is 1. The van der Waals surface area contributed by atoms with Crippen LogP contribution in [-0.4, -0.2) is 35.4 Å². The predicted molar refractivity (Wildman–Crippen MR) is 79.4 cm³/mol. The number of anilines is 1. The smallest absolute Gasteiger partial charge is 0.325 e. The summed E-state index contributed by atoms with van der Waals surface area (Å²) >= 11 is 0. The fourth-order valence-electron chi connectivity index (χ4n) is 1.44.